The van der Waals surface area contributed by atoms with Crippen molar-refractivity contribution in [2.75, 3.05) is 13.7 Å². The van der Waals surface area contributed by atoms with Gasteiger partial charge in [-0.2, -0.15) is 4.98 Å². The summed E-state index contributed by atoms with van der Waals surface area (Å²) in [6, 6.07) is 11.3. The molecule has 1 amide bonds. The molecule has 7 heteroatoms. The number of thiophene rings is 1. The Kier molecular flexibility index (Phi) is 4.71. The number of rotatable bonds is 5. The number of carbonyl (C=O) groups excluding carboxylic acids is 1. The first kappa shape index (κ1) is 16.8. The first-order valence-electron chi connectivity index (χ1n) is 8.55. The molecule has 26 heavy (non-hydrogen) atoms. The van der Waals surface area contributed by atoms with Crippen molar-refractivity contribution in [2.45, 2.75) is 25.3 Å². The number of hydrogen-bond donors (Lipinski definition) is 0. The summed E-state index contributed by atoms with van der Waals surface area (Å²) in [6.07, 6.45) is 2.19. The Bertz CT molecular complexity index is 891. The fourth-order valence-electron chi connectivity index (χ4n) is 3.30. The Morgan fingerprint density at radius 1 is 1.35 bits per heavy atom. The van der Waals surface area contributed by atoms with Crippen LogP contribution in [0, 0.1) is 0 Å². The van der Waals surface area contributed by atoms with Gasteiger partial charge in [0.15, 0.2) is 0 Å². The summed E-state index contributed by atoms with van der Waals surface area (Å²) in [6.45, 7) is 0.723. The minimum Gasteiger partial charge on any atom is -0.496 e. The van der Waals surface area contributed by atoms with Gasteiger partial charge in [-0.1, -0.05) is 23.4 Å². The Morgan fingerprint density at radius 3 is 3.04 bits per heavy atom. The summed E-state index contributed by atoms with van der Waals surface area (Å²) in [4.78, 5) is 20.2. The van der Waals surface area contributed by atoms with Crippen molar-refractivity contribution >= 4 is 17.2 Å². The molecule has 3 heterocycles. The Labute approximate surface area is 155 Å². The molecule has 0 N–H and O–H groups in total. The van der Waals surface area contributed by atoms with Crippen LogP contribution < -0.4 is 4.74 Å². The van der Waals surface area contributed by atoms with Crippen molar-refractivity contribution in [2.24, 2.45) is 0 Å². The number of hydrogen-bond acceptors (Lipinski definition) is 6. The second kappa shape index (κ2) is 7.29. The highest BCUT2D eigenvalue weighted by molar-refractivity contribution is 7.10. The van der Waals surface area contributed by atoms with E-state index in [2.05, 4.69) is 10.1 Å². The van der Waals surface area contributed by atoms with Crippen LogP contribution >= 0.6 is 11.3 Å². The highest BCUT2D eigenvalue weighted by atomic mass is 32.1. The molecular weight excluding hydrogens is 350 g/mol. The van der Waals surface area contributed by atoms with Gasteiger partial charge in [-0.05, 0) is 36.4 Å². The third-order valence-electron chi connectivity index (χ3n) is 4.55. The number of carbonyl (C=O) groups is 1. The zero-order valence-electron chi connectivity index (χ0n) is 14.4. The SMILES string of the molecule is COc1ccccc1-c1noc([C@@H]2CCCN2C(=O)Cc2cccs2)n1. The molecule has 0 radical (unpaired) electrons. The maximum Gasteiger partial charge on any atom is 0.249 e. The number of ether oxygens (including phenoxy) is 1. The van der Waals surface area contributed by atoms with Crippen LogP contribution in [0.1, 0.15) is 29.7 Å². The fraction of sp³-hybridized carbons (Fsp3) is 0.316. The molecule has 2 aromatic heterocycles. The first-order chi connectivity index (χ1) is 12.8. The summed E-state index contributed by atoms with van der Waals surface area (Å²) >= 11 is 1.60. The number of aromatic nitrogens is 2. The van der Waals surface area contributed by atoms with Crippen LogP contribution in [0.15, 0.2) is 46.3 Å². The molecule has 0 bridgehead atoms. The predicted molar refractivity (Wildman–Crippen MR) is 98.0 cm³/mol. The van der Waals surface area contributed by atoms with Gasteiger partial charge in [0.2, 0.25) is 17.6 Å². The molecule has 3 aromatic rings. The van der Waals surface area contributed by atoms with Gasteiger partial charge >= 0.3 is 0 Å². The molecule has 6 nitrogen and oxygen atoms in total. The average Bonchev–Trinajstić information content (AvgIpc) is 3.41. The van der Waals surface area contributed by atoms with Gasteiger partial charge in [0, 0.05) is 11.4 Å². The molecular formula is C19H19N3O3S. The molecule has 1 atom stereocenters. The minimum atomic E-state index is -0.154. The van der Waals surface area contributed by atoms with Gasteiger partial charge < -0.3 is 14.2 Å². The van der Waals surface area contributed by atoms with Crippen molar-refractivity contribution in [3.05, 3.63) is 52.5 Å². The standard InChI is InChI=1S/C19H19N3O3S/c1-24-16-9-3-2-7-14(16)18-20-19(25-21-18)15-8-4-10-22(15)17(23)12-13-6-5-11-26-13/h2-3,5-7,9,11,15H,4,8,10,12H2,1H3/t15-/m0/s1. The first-order valence-corrected chi connectivity index (χ1v) is 9.43. The van der Waals surface area contributed by atoms with Gasteiger partial charge in [-0.15, -0.1) is 11.3 Å². The van der Waals surface area contributed by atoms with Gasteiger partial charge in [0.05, 0.1) is 19.1 Å². The van der Waals surface area contributed by atoms with Crippen LogP contribution in [0.4, 0.5) is 0 Å². The van der Waals surface area contributed by atoms with Crippen LogP contribution in [0.5, 0.6) is 5.75 Å². The van der Waals surface area contributed by atoms with Gasteiger partial charge in [0.1, 0.15) is 11.8 Å². The zero-order valence-corrected chi connectivity index (χ0v) is 15.2. The van der Waals surface area contributed by atoms with Crippen molar-refractivity contribution < 1.29 is 14.1 Å². The lowest BCUT2D eigenvalue weighted by molar-refractivity contribution is -0.131. The quantitative estimate of drug-likeness (QED) is 0.686. The highest BCUT2D eigenvalue weighted by Gasteiger charge is 2.34. The lowest BCUT2D eigenvalue weighted by Gasteiger charge is -2.21. The summed E-state index contributed by atoms with van der Waals surface area (Å²) < 4.78 is 10.9. The van der Waals surface area contributed by atoms with E-state index < -0.39 is 0 Å². The summed E-state index contributed by atoms with van der Waals surface area (Å²) in [5, 5.41) is 6.09. The minimum absolute atomic E-state index is 0.104. The molecule has 134 valence electrons. The Morgan fingerprint density at radius 2 is 2.23 bits per heavy atom. The van der Waals surface area contributed by atoms with Crippen LogP contribution in [0.3, 0.4) is 0 Å². The van der Waals surface area contributed by atoms with E-state index >= 15 is 0 Å². The van der Waals surface area contributed by atoms with E-state index in [0.717, 1.165) is 29.8 Å². The summed E-state index contributed by atoms with van der Waals surface area (Å²) in [5.74, 6) is 1.77. The van der Waals surface area contributed by atoms with Crippen LogP contribution in [0.2, 0.25) is 0 Å². The van der Waals surface area contributed by atoms with Gasteiger partial charge in [-0.3, -0.25) is 4.79 Å². The lowest BCUT2D eigenvalue weighted by Crippen LogP contribution is -2.31. The monoisotopic (exact) mass is 369 g/mol. The van der Waals surface area contributed by atoms with E-state index in [1.807, 2.05) is 46.7 Å². The molecule has 1 aliphatic rings. The van der Waals surface area contributed by atoms with E-state index in [9.17, 15) is 4.79 Å². The number of benzene rings is 1. The molecule has 0 unspecified atom stereocenters. The largest absolute Gasteiger partial charge is 0.496 e. The molecule has 1 saturated heterocycles. The Balaban J connectivity index is 1.55. The predicted octanol–water partition coefficient (Wildman–Crippen LogP) is 3.71. The molecule has 0 saturated carbocycles. The van der Waals surface area contributed by atoms with Gasteiger partial charge in [-0.25, -0.2) is 0 Å². The highest BCUT2D eigenvalue weighted by Crippen LogP contribution is 2.34. The van der Waals surface area contributed by atoms with E-state index in [1.54, 1.807) is 18.4 Å². The van der Waals surface area contributed by atoms with Crippen LogP contribution in [-0.4, -0.2) is 34.6 Å². The third kappa shape index (κ3) is 3.22. The molecule has 1 aromatic carbocycles. The summed E-state index contributed by atoms with van der Waals surface area (Å²) in [7, 11) is 1.61. The number of likely N-dealkylation sites (tertiary alicyclic amines) is 1. The van der Waals surface area contributed by atoms with Crippen molar-refractivity contribution in [3.63, 3.8) is 0 Å². The second-order valence-electron chi connectivity index (χ2n) is 6.16. The average molecular weight is 369 g/mol. The Hall–Kier alpha value is -2.67. The van der Waals surface area contributed by atoms with Crippen molar-refractivity contribution in [1.29, 1.82) is 0 Å². The van der Waals surface area contributed by atoms with Gasteiger partial charge in [0.25, 0.3) is 0 Å². The maximum atomic E-state index is 12.7. The maximum absolute atomic E-state index is 12.7. The number of methoxy groups -OCH3 is 1. The van der Waals surface area contributed by atoms with Crippen LogP contribution in [0.25, 0.3) is 11.4 Å². The normalized spacial score (nSPS) is 16.8. The zero-order chi connectivity index (χ0) is 17.9. The number of nitrogens with zero attached hydrogens (tertiary/aromatic N) is 3. The molecule has 0 aliphatic carbocycles. The second-order valence-corrected chi connectivity index (χ2v) is 7.19. The molecule has 0 spiro atoms. The third-order valence-corrected chi connectivity index (χ3v) is 5.43. The van der Waals surface area contributed by atoms with E-state index in [-0.39, 0.29) is 11.9 Å². The van der Waals surface area contributed by atoms with Crippen LogP contribution in [-0.2, 0) is 11.2 Å². The fourth-order valence-corrected chi connectivity index (χ4v) is 3.99. The van der Waals surface area contributed by atoms with Crippen molar-refractivity contribution in [3.8, 4) is 17.1 Å². The van der Waals surface area contributed by atoms with E-state index in [4.69, 9.17) is 9.26 Å². The van der Waals surface area contributed by atoms with Crippen molar-refractivity contribution in [1.82, 2.24) is 15.0 Å². The molecule has 4 rings (SSSR count). The topological polar surface area (TPSA) is 68.5 Å². The number of para-hydroxylation sites is 1. The lowest BCUT2D eigenvalue weighted by atomic mass is 10.2. The number of amides is 1. The molecule has 1 fully saturated rings. The van der Waals surface area contributed by atoms with E-state index in [0.29, 0.717) is 23.9 Å². The smallest absolute Gasteiger partial charge is 0.249 e. The summed E-state index contributed by atoms with van der Waals surface area (Å²) in [5.41, 5.74) is 0.777. The molecule has 1 aliphatic heterocycles. The van der Waals surface area contributed by atoms with E-state index in [1.165, 1.54) is 0 Å².